The molecule has 3 N–H and O–H groups in total. The highest BCUT2D eigenvalue weighted by atomic mass is 32.1. The maximum atomic E-state index is 13.1. The molecule has 0 radical (unpaired) electrons. The van der Waals surface area contributed by atoms with Gasteiger partial charge in [0.25, 0.3) is 17.4 Å². The summed E-state index contributed by atoms with van der Waals surface area (Å²) in [5.41, 5.74) is 10.9. The number of benzene rings is 2. The maximum Gasteiger partial charge on any atom is 0.310 e. The number of nitrogens with two attached hydrogens (primary N) is 1. The van der Waals surface area contributed by atoms with Crippen molar-refractivity contribution < 1.29 is 42.8 Å². The molecule has 0 fully saturated rings. The molecule has 0 aliphatic carbocycles. The van der Waals surface area contributed by atoms with Gasteiger partial charge in [-0.25, -0.2) is 15.0 Å². The van der Waals surface area contributed by atoms with Crippen molar-refractivity contribution in [3.8, 4) is 17.2 Å². The normalized spacial score (nSPS) is 10.8. The van der Waals surface area contributed by atoms with Gasteiger partial charge in [-0.05, 0) is 77.9 Å². The standard InChI is InChI=1S/C18H15N3O2S.C16H15N3O2S.C8H18O3.C4H6O3/c1-10-4-6-12(7-5-10)21-11(2)20-15-14-13(23-3)8-9-19-17(14)24-16(15)18(21)22;1-9-3-5-10(6-4-9)19-15(20)14-13(17)12-11(21-2)7-8-18-16(12)22-14;1-5-9-8(4,10-6-2)11-7-3;1-3(5)7-4(2)6/h4-9H,1-3H3;3-8H,17H2,1-2H3,(H,19,20);5-7H2,1-4H3;1-2H3. The predicted octanol–water partition coefficient (Wildman–Crippen LogP) is 8.93. The molecular weight excluding hydrogens is 861 g/mol. The van der Waals surface area contributed by atoms with Gasteiger partial charge in [-0.15, -0.1) is 22.7 Å². The first kappa shape index (κ1) is 50.3. The SMILES string of the molecule is CC(=O)OC(C)=O.CCOC(C)(OCC)OCC.COc1ccnc2sc(C(=O)Nc3ccc(C)cc3)c(N)c12.COc1ccnc2sc3c(=O)n(-c4ccc(C)cc4)c(C)nc3c12. The van der Waals surface area contributed by atoms with Gasteiger partial charge >= 0.3 is 11.9 Å². The zero-order valence-corrected chi connectivity index (χ0v) is 39.4. The Bertz CT molecular complexity index is 2720. The quantitative estimate of drug-likeness (QED) is 0.0706. The molecule has 0 spiro atoms. The van der Waals surface area contributed by atoms with Crippen LogP contribution in [0.25, 0.3) is 36.3 Å². The number of nitrogen functional groups attached to an aromatic ring is 1. The molecule has 1 amide bonds. The summed E-state index contributed by atoms with van der Waals surface area (Å²) in [4.78, 5) is 60.3. The van der Waals surface area contributed by atoms with E-state index in [1.165, 1.54) is 36.5 Å². The molecule has 7 rings (SSSR count). The van der Waals surface area contributed by atoms with E-state index in [1.54, 1.807) is 50.2 Å². The highest BCUT2D eigenvalue weighted by molar-refractivity contribution is 7.25. The van der Waals surface area contributed by atoms with Gasteiger partial charge in [0.1, 0.15) is 42.1 Å². The van der Waals surface area contributed by atoms with Gasteiger partial charge in [-0.1, -0.05) is 35.4 Å². The summed E-state index contributed by atoms with van der Waals surface area (Å²) in [6.07, 6.45) is 3.32. The Morgan fingerprint density at radius 2 is 1.22 bits per heavy atom. The van der Waals surface area contributed by atoms with Crippen LogP contribution < -0.4 is 26.1 Å². The molecule has 340 valence electrons. The molecule has 0 saturated carbocycles. The van der Waals surface area contributed by atoms with Crippen LogP contribution in [-0.2, 0) is 28.5 Å². The molecule has 0 saturated heterocycles. The van der Waals surface area contributed by atoms with Crippen molar-refractivity contribution in [3.63, 3.8) is 0 Å². The number of carbonyl (C=O) groups is 3. The van der Waals surface area contributed by atoms with E-state index in [-0.39, 0.29) is 11.5 Å². The number of rotatable bonds is 11. The number of pyridine rings is 2. The summed E-state index contributed by atoms with van der Waals surface area (Å²) in [5.74, 6) is -0.273. The topological polar surface area (TPSA) is 205 Å². The predicted molar refractivity (Wildman–Crippen MR) is 252 cm³/mol. The molecule has 0 aliphatic heterocycles. The third-order valence-corrected chi connectivity index (χ3v) is 11.1. The average molecular weight is 915 g/mol. The maximum absolute atomic E-state index is 13.1. The van der Waals surface area contributed by atoms with Gasteiger partial charge in [0.15, 0.2) is 0 Å². The Hall–Kier alpha value is -6.31. The van der Waals surface area contributed by atoms with E-state index in [1.807, 2.05) is 90.1 Å². The number of aromatic nitrogens is 4. The van der Waals surface area contributed by atoms with Crippen LogP contribution in [-0.4, -0.2) is 77.4 Å². The van der Waals surface area contributed by atoms with Crippen LogP contribution in [0, 0.1) is 20.8 Å². The summed E-state index contributed by atoms with van der Waals surface area (Å²) in [7, 11) is 3.18. The van der Waals surface area contributed by atoms with Crippen molar-refractivity contribution in [1.29, 1.82) is 0 Å². The second-order valence-electron chi connectivity index (χ2n) is 13.7. The summed E-state index contributed by atoms with van der Waals surface area (Å²) in [5, 5.41) is 4.33. The molecule has 18 heteroatoms. The first-order valence-corrected chi connectivity index (χ1v) is 21.8. The van der Waals surface area contributed by atoms with Crippen LogP contribution in [0.2, 0.25) is 0 Å². The number of methoxy groups -OCH3 is 2. The molecule has 7 aromatic rings. The summed E-state index contributed by atoms with van der Waals surface area (Å²) >= 11 is 2.61. The van der Waals surface area contributed by atoms with E-state index in [0.29, 0.717) is 68.1 Å². The number of carbonyl (C=O) groups excluding carboxylic acids is 3. The molecule has 0 bridgehead atoms. The lowest BCUT2D eigenvalue weighted by molar-refractivity contribution is -0.365. The van der Waals surface area contributed by atoms with Gasteiger partial charge in [0.2, 0.25) is 0 Å². The Kier molecular flexibility index (Phi) is 18.4. The third kappa shape index (κ3) is 12.9. The number of hydrogen-bond acceptors (Lipinski definition) is 16. The third-order valence-electron chi connectivity index (χ3n) is 8.87. The summed E-state index contributed by atoms with van der Waals surface area (Å²) in [6, 6.07) is 19.0. The zero-order chi connectivity index (χ0) is 47.1. The Morgan fingerprint density at radius 1 is 0.734 bits per heavy atom. The Morgan fingerprint density at radius 3 is 1.69 bits per heavy atom. The Balaban J connectivity index is 0.000000206. The Labute approximate surface area is 379 Å². The molecule has 5 aromatic heterocycles. The molecule has 2 aromatic carbocycles. The van der Waals surface area contributed by atoms with Crippen molar-refractivity contribution in [3.05, 3.63) is 105 Å². The monoisotopic (exact) mass is 914 g/mol. The van der Waals surface area contributed by atoms with Gasteiger partial charge in [0.05, 0.1) is 36.4 Å². The van der Waals surface area contributed by atoms with Gasteiger partial charge in [0, 0.05) is 58.7 Å². The first-order chi connectivity index (χ1) is 30.5. The van der Waals surface area contributed by atoms with Gasteiger partial charge in [-0.2, -0.15) is 0 Å². The van der Waals surface area contributed by atoms with Crippen LogP contribution >= 0.6 is 22.7 Å². The van der Waals surface area contributed by atoms with Gasteiger partial charge < -0.3 is 39.5 Å². The number of nitrogens with one attached hydrogen (secondary N) is 1. The van der Waals surface area contributed by atoms with Crippen LogP contribution in [0.1, 0.15) is 68.2 Å². The van der Waals surface area contributed by atoms with E-state index in [0.717, 1.165) is 32.7 Å². The smallest absolute Gasteiger partial charge is 0.310 e. The molecule has 0 unspecified atom stereocenters. The fourth-order valence-electron chi connectivity index (χ4n) is 6.15. The highest BCUT2D eigenvalue weighted by Crippen LogP contribution is 2.39. The van der Waals surface area contributed by atoms with Crippen molar-refractivity contribution in [1.82, 2.24) is 19.5 Å². The largest absolute Gasteiger partial charge is 0.496 e. The minimum Gasteiger partial charge on any atom is -0.496 e. The molecule has 0 atom stereocenters. The number of hydrogen-bond donors (Lipinski definition) is 2. The summed E-state index contributed by atoms with van der Waals surface area (Å²) < 4.78 is 32.7. The van der Waals surface area contributed by atoms with Gasteiger partial charge in [-0.3, -0.25) is 23.7 Å². The van der Waals surface area contributed by atoms with E-state index < -0.39 is 17.9 Å². The lowest BCUT2D eigenvalue weighted by Crippen LogP contribution is -2.35. The average Bonchev–Trinajstić information content (AvgIpc) is 3.80. The first-order valence-electron chi connectivity index (χ1n) is 20.1. The number of anilines is 2. The fourth-order valence-corrected chi connectivity index (χ4v) is 8.16. The van der Waals surface area contributed by atoms with E-state index in [9.17, 15) is 19.2 Å². The molecular formula is C46H54N6O10S2. The van der Waals surface area contributed by atoms with Crippen molar-refractivity contribution >= 4 is 82.5 Å². The molecule has 64 heavy (non-hydrogen) atoms. The van der Waals surface area contributed by atoms with Crippen LogP contribution in [0.15, 0.2) is 77.9 Å². The fraction of sp³-hybridized carbons (Fsp3) is 0.326. The second-order valence-corrected chi connectivity index (χ2v) is 15.7. The van der Waals surface area contributed by atoms with Crippen LogP contribution in [0.4, 0.5) is 11.4 Å². The second kappa shape index (κ2) is 23.4. The lowest BCUT2D eigenvalue weighted by Gasteiger charge is -2.27. The minimum absolute atomic E-state index is 0.0774. The number of thiophene rings is 2. The highest BCUT2D eigenvalue weighted by Gasteiger charge is 2.25. The zero-order valence-electron chi connectivity index (χ0n) is 37.8. The lowest BCUT2D eigenvalue weighted by atomic mass is 10.2. The van der Waals surface area contributed by atoms with Crippen molar-refractivity contribution in [2.45, 2.75) is 68.3 Å². The van der Waals surface area contributed by atoms with E-state index in [2.05, 4.69) is 25.0 Å². The van der Waals surface area contributed by atoms with E-state index in [4.69, 9.17) is 29.4 Å². The number of nitrogens with zero attached hydrogens (tertiary/aromatic N) is 4. The van der Waals surface area contributed by atoms with E-state index >= 15 is 0 Å². The number of aryl methyl sites for hydroxylation is 3. The minimum atomic E-state index is -0.849. The molecule has 5 heterocycles. The van der Waals surface area contributed by atoms with Crippen LogP contribution in [0.5, 0.6) is 11.5 Å². The molecule has 16 nitrogen and oxygen atoms in total. The van der Waals surface area contributed by atoms with Crippen molar-refractivity contribution in [2.75, 3.05) is 45.1 Å². The number of ether oxygens (including phenoxy) is 6. The van der Waals surface area contributed by atoms with Crippen LogP contribution in [0.3, 0.4) is 0 Å². The number of fused-ring (bicyclic) bond motifs is 4. The number of amides is 1. The molecule has 0 aliphatic rings. The summed E-state index contributed by atoms with van der Waals surface area (Å²) in [6.45, 7) is 17.5. The number of esters is 2. The van der Waals surface area contributed by atoms with Crippen molar-refractivity contribution in [2.24, 2.45) is 0 Å².